The number of hydrogen-bond donors (Lipinski definition) is 2. The molecule has 1 aromatic carbocycles. The van der Waals surface area contributed by atoms with Crippen LogP contribution in [-0.4, -0.2) is 15.1 Å². The molecule has 0 saturated heterocycles. The average Bonchev–Trinajstić information content (AvgIpc) is 2.34. The Balaban J connectivity index is 2.91. The molecule has 11 heavy (non-hydrogen) atoms. The monoisotopic (exact) mass is 152 g/mol. The highest BCUT2D eigenvalue weighted by Gasteiger charge is 2.03. The van der Waals surface area contributed by atoms with E-state index in [4.69, 9.17) is 5.11 Å². The molecule has 1 aromatic heterocycles. The number of phenolic OH excluding ortho intramolecular Hbond substituents is 1. The third kappa shape index (κ3) is 0.832. The first-order valence-electron chi connectivity index (χ1n) is 3.09. The van der Waals surface area contributed by atoms with E-state index >= 15 is 0 Å². The molecule has 0 saturated carbocycles. The predicted octanol–water partition coefficient (Wildman–Crippen LogP) is 1.41. The Morgan fingerprint density at radius 1 is 1.45 bits per heavy atom. The van der Waals surface area contributed by atoms with Crippen molar-refractivity contribution in [3.63, 3.8) is 0 Å². The topological polar surface area (TPSA) is 48.9 Å². The SMILES string of the molecule is Oc1cc(F)c2nc[nH]c2c1. The Morgan fingerprint density at radius 3 is 3.09 bits per heavy atom. The van der Waals surface area contributed by atoms with Crippen LogP contribution in [0.3, 0.4) is 0 Å². The lowest BCUT2D eigenvalue weighted by Gasteiger charge is -1.92. The van der Waals surface area contributed by atoms with Crippen LogP contribution in [0.15, 0.2) is 18.5 Å². The number of nitrogens with zero attached hydrogens (tertiary/aromatic N) is 1. The molecule has 2 rings (SSSR count). The lowest BCUT2D eigenvalue weighted by atomic mass is 10.3. The second kappa shape index (κ2) is 1.95. The number of rotatable bonds is 0. The molecule has 0 unspecified atom stereocenters. The Bertz CT molecular complexity index is 396. The number of aromatic hydroxyl groups is 1. The molecule has 2 aromatic rings. The maximum Gasteiger partial charge on any atom is 0.154 e. The van der Waals surface area contributed by atoms with Crippen molar-refractivity contribution in [1.29, 1.82) is 0 Å². The minimum atomic E-state index is -0.513. The molecule has 0 fully saturated rings. The van der Waals surface area contributed by atoms with E-state index in [0.29, 0.717) is 5.52 Å². The molecule has 0 amide bonds. The van der Waals surface area contributed by atoms with Crippen molar-refractivity contribution >= 4 is 11.0 Å². The van der Waals surface area contributed by atoms with Crippen molar-refractivity contribution < 1.29 is 9.50 Å². The van der Waals surface area contributed by atoms with Crippen LogP contribution in [-0.2, 0) is 0 Å². The summed E-state index contributed by atoms with van der Waals surface area (Å²) in [7, 11) is 0. The van der Waals surface area contributed by atoms with E-state index in [1.807, 2.05) is 0 Å². The number of imidazole rings is 1. The van der Waals surface area contributed by atoms with Crippen molar-refractivity contribution in [1.82, 2.24) is 9.97 Å². The van der Waals surface area contributed by atoms with Crippen LogP contribution < -0.4 is 0 Å². The Labute approximate surface area is 61.5 Å². The molecule has 2 N–H and O–H groups in total. The molecular weight excluding hydrogens is 147 g/mol. The van der Waals surface area contributed by atoms with Crippen LogP contribution in [0.25, 0.3) is 11.0 Å². The molecule has 0 aliphatic carbocycles. The zero-order valence-corrected chi connectivity index (χ0v) is 5.50. The van der Waals surface area contributed by atoms with Crippen molar-refractivity contribution in [2.45, 2.75) is 0 Å². The number of phenols is 1. The van der Waals surface area contributed by atoms with E-state index in [9.17, 15) is 4.39 Å². The van der Waals surface area contributed by atoms with E-state index in [-0.39, 0.29) is 11.3 Å². The maximum absolute atomic E-state index is 12.8. The van der Waals surface area contributed by atoms with Crippen LogP contribution in [0.2, 0.25) is 0 Å². The first-order chi connectivity index (χ1) is 5.27. The summed E-state index contributed by atoms with van der Waals surface area (Å²) in [4.78, 5) is 6.41. The zero-order valence-electron chi connectivity index (χ0n) is 5.50. The Morgan fingerprint density at radius 2 is 2.27 bits per heavy atom. The van der Waals surface area contributed by atoms with Crippen LogP contribution in [0.4, 0.5) is 4.39 Å². The van der Waals surface area contributed by atoms with E-state index in [0.717, 1.165) is 6.07 Å². The average molecular weight is 152 g/mol. The van der Waals surface area contributed by atoms with E-state index in [1.54, 1.807) is 0 Å². The third-order valence-electron chi connectivity index (χ3n) is 1.46. The number of nitrogens with one attached hydrogen (secondary N) is 1. The van der Waals surface area contributed by atoms with Gasteiger partial charge in [0, 0.05) is 12.1 Å². The summed E-state index contributed by atoms with van der Waals surface area (Å²) in [6.45, 7) is 0. The summed E-state index contributed by atoms with van der Waals surface area (Å²) in [5, 5.41) is 8.94. The number of aromatic nitrogens is 2. The van der Waals surface area contributed by atoms with Crippen LogP contribution >= 0.6 is 0 Å². The van der Waals surface area contributed by atoms with Crippen molar-refractivity contribution in [3.8, 4) is 5.75 Å². The fraction of sp³-hybridized carbons (Fsp3) is 0. The quantitative estimate of drug-likeness (QED) is 0.599. The van der Waals surface area contributed by atoms with E-state index in [1.165, 1.54) is 12.4 Å². The van der Waals surface area contributed by atoms with Gasteiger partial charge in [0.15, 0.2) is 5.82 Å². The fourth-order valence-electron chi connectivity index (χ4n) is 0.992. The van der Waals surface area contributed by atoms with Gasteiger partial charge in [-0.2, -0.15) is 0 Å². The lowest BCUT2D eigenvalue weighted by molar-refractivity contribution is 0.470. The molecular formula is C7H5FN2O. The maximum atomic E-state index is 12.8. The highest BCUT2D eigenvalue weighted by Crippen LogP contribution is 2.19. The second-order valence-corrected chi connectivity index (χ2v) is 2.23. The minimum absolute atomic E-state index is 0.0979. The van der Waals surface area contributed by atoms with Crippen molar-refractivity contribution in [3.05, 3.63) is 24.3 Å². The molecule has 3 nitrogen and oxygen atoms in total. The van der Waals surface area contributed by atoms with Gasteiger partial charge in [-0.1, -0.05) is 0 Å². The highest BCUT2D eigenvalue weighted by molar-refractivity contribution is 5.76. The zero-order chi connectivity index (χ0) is 7.84. The smallest absolute Gasteiger partial charge is 0.154 e. The summed E-state index contributed by atoms with van der Waals surface area (Å²) in [6.07, 6.45) is 1.38. The van der Waals surface area contributed by atoms with Gasteiger partial charge in [0.2, 0.25) is 0 Å². The van der Waals surface area contributed by atoms with Gasteiger partial charge in [0.25, 0.3) is 0 Å². The molecule has 0 aliphatic rings. The molecule has 1 heterocycles. The lowest BCUT2D eigenvalue weighted by Crippen LogP contribution is -1.77. The van der Waals surface area contributed by atoms with Gasteiger partial charge >= 0.3 is 0 Å². The van der Waals surface area contributed by atoms with Crippen LogP contribution in [0, 0.1) is 5.82 Å². The van der Waals surface area contributed by atoms with Gasteiger partial charge in [-0.25, -0.2) is 9.37 Å². The molecule has 0 bridgehead atoms. The highest BCUT2D eigenvalue weighted by atomic mass is 19.1. The second-order valence-electron chi connectivity index (χ2n) is 2.23. The van der Waals surface area contributed by atoms with Crippen molar-refractivity contribution in [2.75, 3.05) is 0 Å². The molecule has 0 atom stereocenters. The minimum Gasteiger partial charge on any atom is -0.508 e. The third-order valence-corrected chi connectivity index (χ3v) is 1.46. The standard InChI is InChI=1S/C7H5FN2O/c8-5-1-4(11)2-6-7(5)10-3-9-6/h1-3,11H,(H,9,10). The fourth-order valence-corrected chi connectivity index (χ4v) is 0.992. The summed E-state index contributed by atoms with van der Waals surface area (Å²) in [6, 6.07) is 2.45. The normalized spacial score (nSPS) is 10.6. The summed E-state index contributed by atoms with van der Waals surface area (Å²) in [5.41, 5.74) is 0.755. The van der Waals surface area contributed by atoms with Gasteiger partial charge < -0.3 is 10.1 Å². The number of benzene rings is 1. The van der Waals surface area contributed by atoms with E-state index < -0.39 is 5.82 Å². The van der Waals surface area contributed by atoms with Gasteiger partial charge in [-0.3, -0.25) is 0 Å². The largest absolute Gasteiger partial charge is 0.508 e. The van der Waals surface area contributed by atoms with Gasteiger partial charge in [-0.05, 0) is 0 Å². The number of H-pyrrole nitrogens is 1. The number of halogens is 1. The first-order valence-corrected chi connectivity index (χ1v) is 3.09. The van der Waals surface area contributed by atoms with Gasteiger partial charge in [0.1, 0.15) is 11.3 Å². The van der Waals surface area contributed by atoms with Crippen LogP contribution in [0.1, 0.15) is 0 Å². The summed E-state index contributed by atoms with van der Waals surface area (Å²) in [5.74, 6) is -0.611. The number of hydrogen-bond acceptors (Lipinski definition) is 2. The van der Waals surface area contributed by atoms with Crippen LogP contribution in [0.5, 0.6) is 5.75 Å². The molecule has 4 heteroatoms. The number of fused-ring (bicyclic) bond motifs is 1. The number of aromatic amines is 1. The predicted molar refractivity (Wildman–Crippen MR) is 37.7 cm³/mol. The molecule has 0 spiro atoms. The summed E-state index contributed by atoms with van der Waals surface area (Å²) < 4.78 is 12.8. The van der Waals surface area contributed by atoms with Gasteiger partial charge in [0.05, 0.1) is 11.8 Å². The Hall–Kier alpha value is -1.58. The van der Waals surface area contributed by atoms with Gasteiger partial charge in [-0.15, -0.1) is 0 Å². The Kier molecular flexibility index (Phi) is 1.09. The van der Waals surface area contributed by atoms with Crippen molar-refractivity contribution in [2.24, 2.45) is 0 Å². The molecule has 0 radical (unpaired) electrons. The first kappa shape index (κ1) is 6.15. The summed E-state index contributed by atoms with van der Waals surface area (Å²) >= 11 is 0. The van der Waals surface area contributed by atoms with E-state index in [2.05, 4.69) is 9.97 Å². The molecule has 0 aliphatic heterocycles. The molecule has 56 valence electrons.